The first-order valence-corrected chi connectivity index (χ1v) is 4.19. The molecule has 0 fully saturated rings. The van der Waals surface area contributed by atoms with E-state index >= 15 is 0 Å². The summed E-state index contributed by atoms with van der Waals surface area (Å²) in [6, 6.07) is 0. The van der Waals surface area contributed by atoms with E-state index in [0.29, 0.717) is 5.03 Å². The highest BCUT2D eigenvalue weighted by molar-refractivity contribution is 6.29. The van der Waals surface area contributed by atoms with Gasteiger partial charge in [0.2, 0.25) is 0 Å². The number of rotatable bonds is 6. The molecule has 3 heteroatoms. The average molecular weight is 177 g/mol. The summed E-state index contributed by atoms with van der Waals surface area (Å²) in [6.07, 6.45) is 1.15. The number of hydrogen-bond acceptors (Lipinski definition) is 2. The zero-order chi connectivity index (χ0) is 8.69. The van der Waals surface area contributed by atoms with Gasteiger partial charge < -0.3 is 10.2 Å². The van der Waals surface area contributed by atoms with Gasteiger partial charge in [0.1, 0.15) is 0 Å². The monoisotopic (exact) mass is 176 g/mol. The maximum absolute atomic E-state index is 5.55. The first-order valence-electron chi connectivity index (χ1n) is 3.81. The molecular formula is C8H17ClN2. The number of hydrogen-bond donors (Lipinski definition) is 1. The fourth-order valence-corrected chi connectivity index (χ4v) is 0.839. The Kier molecular flexibility index (Phi) is 6.62. The molecule has 0 saturated heterocycles. The summed E-state index contributed by atoms with van der Waals surface area (Å²) < 4.78 is 0. The Labute approximate surface area is 74.2 Å². The van der Waals surface area contributed by atoms with E-state index in [1.54, 1.807) is 0 Å². The number of nitrogens with one attached hydrogen (secondary N) is 1. The van der Waals surface area contributed by atoms with Crippen LogP contribution in [0.5, 0.6) is 0 Å². The van der Waals surface area contributed by atoms with Gasteiger partial charge in [-0.2, -0.15) is 0 Å². The van der Waals surface area contributed by atoms with Crippen molar-refractivity contribution in [3.63, 3.8) is 0 Å². The summed E-state index contributed by atoms with van der Waals surface area (Å²) in [4.78, 5) is 2.16. The molecule has 0 aromatic heterocycles. The molecule has 0 unspecified atom stereocenters. The normalized spacial score (nSPS) is 10.5. The highest BCUT2D eigenvalue weighted by Gasteiger charge is 1.90. The zero-order valence-electron chi connectivity index (χ0n) is 7.36. The zero-order valence-corrected chi connectivity index (χ0v) is 8.12. The minimum atomic E-state index is 0.676. The molecule has 66 valence electrons. The molecule has 1 N–H and O–H groups in total. The second-order valence-corrected chi connectivity index (χ2v) is 3.39. The lowest BCUT2D eigenvalue weighted by molar-refractivity contribution is 0.396. The molecule has 0 aromatic rings. The van der Waals surface area contributed by atoms with Crippen LogP contribution in [-0.2, 0) is 0 Å². The molecule has 11 heavy (non-hydrogen) atoms. The van der Waals surface area contributed by atoms with E-state index in [1.807, 2.05) is 0 Å². The smallest absolute Gasteiger partial charge is 0.0307 e. The minimum absolute atomic E-state index is 0.676. The van der Waals surface area contributed by atoms with Crippen LogP contribution in [0.15, 0.2) is 11.6 Å². The van der Waals surface area contributed by atoms with Crippen LogP contribution in [0, 0.1) is 0 Å². The highest BCUT2D eigenvalue weighted by atomic mass is 35.5. The fraction of sp³-hybridized carbons (Fsp3) is 0.750. The summed E-state index contributed by atoms with van der Waals surface area (Å²) in [5.74, 6) is 0. The van der Waals surface area contributed by atoms with E-state index in [1.165, 1.54) is 0 Å². The lowest BCUT2D eigenvalue weighted by Gasteiger charge is -2.08. The van der Waals surface area contributed by atoms with Crippen molar-refractivity contribution in [3.8, 4) is 0 Å². The largest absolute Gasteiger partial charge is 0.312 e. The van der Waals surface area contributed by atoms with Crippen LogP contribution in [0.25, 0.3) is 0 Å². The SMILES string of the molecule is C=C(Cl)CNCCCN(C)C. The summed E-state index contributed by atoms with van der Waals surface area (Å²) in [7, 11) is 4.14. The van der Waals surface area contributed by atoms with E-state index in [4.69, 9.17) is 11.6 Å². The fourth-order valence-electron chi connectivity index (χ4n) is 0.744. The number of halogens is 1. The minimum Gasteiger partial charge on any atom is -0.312 e. The van der Waals surface area contributed by atoms with Crippen LogP contribution in [0.3, 0.4) is 0 Å². The van der Waals surface area contributed by atoms with Gasteiger partial charge in [-0.05, 0) is 33.6 Å². The predicted molar refractivity (Wildman–Crippen MR) is 51.0 cm³/mol. The first kappa shape index (κ1) is 11.0. The van der Waals surface area contributed by atoms with Crippen LogP contribution < -0.4 is 5.32 Å². The Morgan fingerprint density at radius 2 is 2.18 bits per heavy atom. The van der Waals surface area contributed by atoms with Gasteiger partial charge in [0.05, 0.1) is 0 Å². The summed E-state index contributed by atoms with van der Waals surface area (Å²) >= 11 is 5.55. The molecule has 2 nitrogen and oxygen atoms in total. The van der Waals surface area contributed by atoms with E-state index in [0.717, 1.165) is 26.1 Å². The summed E-state index contributed by atoms with van der Waals surface area (Å²) in [6.45, 7) is 6.41. The molecule has 0 radical (unpaired) electrons. The van der Waals surface area contributed by atoms with Gasteiger partial charge in [-0.15, -0.1) is 0 Å². The van der Waals surface area contributed by atoms with Crippen LogP contribution in [0.2, 0.25) is 0 Å². The molecular weight excluding hydrogens is 160 g/mol. The molecule has 0 rings (SSSR count). The molecule has 0 aliphatic carbocycles. The molecule has 0 aromatic carbocycles. The van der Waals surface area contributed by atoms with Crippen molar-refractivity contribution in [1.82, 2.24) is 10.2 Å². The van der Waals surface area contributed by atoms with Crippen molar-refractivity contribution in [3.05, 3.63) is 11.6 Å². The quantitative estimate of drug-likeness (QED) is 0.614. The van der Waals surface area contributed by atoms with Crippen molar-refractivity contribution in [2.24, 2.45) is 0 Å². The van der Waals surface area contributed by atoms with E-state index in [-0.39, 0.29) is 0 Å². The Hall–Kier alpha value is -0.0500. The Morgan fingerprint density at radius 1 is 1.55 bits per heavy atom. The van der Waals surface area contributed by atoms with E-state index < -0.39 is 0 Å². The Balaban J connectivity index is 2.97. The van der Waals surface area contributed by atoms with Crippen molar-refractivity contribution in [2.75, 3.05) is 33.7 Å². The van der Waals surface area contributed by atoms with Crippen molar-refractivity contribution < 1.29 is 0 Å². The molecule has 0 amide bonds. The third-order valence-electron chi connectivity index (χ3n) is 1.28. The summed E-state index contributed by atoms with van der Waals surface area (Å²) in [5.41, 5.74) is 0. The van der Waals surface area contributed by atoms with Gasteiger partial charge in [0, 0.05) is 11.6 Å². The van der Waals surface area contributed by atoms with Crippen LogP contribution in [0.1, 0.15) is 6.42 Å². The first-order chi connectivity index (χ1) is 5.13. The second kappa shape index (κ2) is 6.65. The molecule has 0 saturated carbocycles. The lowest BCUT2D eigenvalue weighted by Crippen LogP contribution is -2.21. The van der Waals surface area contributed by atoms with Gasteiger partial charge >= 0.3 is 0 Å². The molecule has 0 bridgehead atoms. The predicted octanol–water partition coefficient (Wildman–Crippen LogP) is 1.28. The van der Waals surface area contributed by atoms with Crippen LogP contribution in [0.4, 0.5) is 0 Å². The molecule has 0 atom stereocenters. The maximum Gasteiger partial charge on any atom is 0.0307 e. The Bertz CT molecular complexity index is 113. The van der Waals surface area contributed by atoms with Crippen LogP contribution in [-0.4, -0.2) is 38.6 Å². The highest BCUT2D eigenvalue weighted by Crippen LogP contribution is 1.91. The summed E-state index contributed by atoms with van der Waals surface area (Å²) in [5, 5.41) is 3.86. The third-order valence-corrected chi connectivity index (χ3v) is 1.41. The van der Waals surface area contributed by atoms with Crippen molar-refractivity contribution in [1.29, 1.82) is 0 Å². The van der Waals surface area contributed by atoms with E-state index in [9.17, 15) is 0 Å². The van der Waals surface area contributed by atoms with Crippen molar-refractivity contribution >= 4 is 11.6 Å². The standard InChI is InChI=1S/C8H17ClN2/c1-8(9)7-10-5-4-6-11(2)3/h10H,1,4-7H2,2-3H3. The molecule has 0 heterocycles. The van der Waals surface area contributed by atoms with Gasteiger partial charge in [0.25, 0.3) is 0 Å². The number of nitrogens with zero attached hydrogens (tertiary/aromatic N) is 1. The van der Waals surface area contributed by atoms with Gasteiger partial charge in [-0.25, -0.2) is 0 Å². The molecule has 0 aliphatic rings. The Morgan fingerprint density at radius 3 is 2.64 bits per heavy atom. The van der Waals surface area contributed by atoms with Crippen LogP contribution >= 0.6 is 11.6 Å². The maximum atomic E-state index is 5.55. The topological polar surface area (TPSA) is 15.3 Å². The van der Waals surface area contributed by atoms with E-state index in [2.05, 4.69) is 30.9 Å². The lowest BCUT2D eigenvalue weighted by atomic mass is 10.4. The van der Waals surface area contributed by atoms with Crippen molar-refractivity contribution in [2.45, 2.75) is 6.42 Å². The van der Waals surface area contributed by atoms with Gasteiger partial charge in [-0.1, -0.05) is 18.2 Å². The molecule has 0 spiro atoms. The van der Waals surface area contributed by atoms with Gasteiger partial charge in [0.15, 0.2) is 0 Å². The third kappa shape index (κ3) is 9.95. The average Bonchev–Trinajstić information content (AvgIpc) is 1.85. The van der Waals surface area contributed by atoms with Gasteiger partial charge in [-0.3, -0.25) is 0 Å². The molecule has 0 aliphatic heterocycles. The second-order valence-electron chi connectivity index (χ2n) is 2.85.